The lowest BCUT2D eigenvalue weighted by Crippen LogP contribution is -2.47. The van der Waals surface area contributed by atoms with Crippen LogP contribution in [0, 0.1) is 11.6 Å². The van der Waals surface area contributed by atoms with Gasteiger partial charge in [-0.1, -0.05) is 30.0 Å². The number of benzene rings is 2. The maximum atomic E-state index is 13.2. The van der Waals surface area contributed by atoms with Crippen molar-refractivity contribution < 1.29 is 18.6 Å². The Morgan fingerprint density at radius 3 is 2.74 bits per heavy atom. The minimum atomic E-state index is -0.956. The highest BCUT2D eigenvalue weighted by atomic mass is 32.2. The molecule has 5 nitrogen and oxygen atoms in total. The number of likely N-dealkylation sites (tertiary alicyclic amines) is 1. The number of thioether (sulfide) groups is 1. The molecule has 31 heavy (non-hydrogen) atoms. The fraction of sp³-hybridized carbons (Fsp3) is 0.435. The molecule has 0 saturated carbocycles. The Labute approximate surface area is 185 Å². The fourth-order valence-corrected chi connectivity index (χ4v) is 5.00. The second-order valence-corrected chi connectivity index (χ2v) is 8.94. The van der Waals surface area contributed by atoms with Gasteiger partial charge in [0.25, 0.3) is 0 Å². The molecule has 0 aliphatic carbocycles. The van der Waals surface area contributed by atoms with Crippen LogP contribution in [0.3, 0.4) is 0 Å². The number of piperidine rings is 1. The number of halogens is 2. The number of hydrogen-bond acceptors (Lipinski definition) is 6. The summed E-state index contributed by atoms with van der Waals surface area (Å²) < 4.78 is 31.6. The van der Waals surface area contributed by atoms with Gasteiger partial charge in [-0.05, 0) is 36.6 Å². The summed E-state index contributed by atoms with van der Waals surface area (Å²) >= 11 is 1.78. The van der Waals surface area contributed by atoms with Gasteiger partial charge in [0.05, 0.1) is 5.69 Å². The zero-order chi connectivity index (χ0) is 21.8. The normalized spacial score (nSPS) is 18.3. The largest absolute Gasteiger partial charge is 0.491 e. The van der Waals surface area contributed by atoms with Crippen molar-refractivity contribution in [2.75, 3.05) is 33.3 Å². The van der Waals surface area contributed by atoms with E-state index in [1.165, 1.54) is 11.6 Å². The molecule has 1 fully saturated rings. The average Bonchev–Trinajstić information content (AvgIpc) is 2.79. The van der Waals surface area contributed by atoms with E-state index >= 15 is 0 Å². The summed E-state index contributed by atoms with van der Waals surface area (Å²) in [5.74, 6) is -0.710. The van der Waals surface area contributed by atoms with Crippen LogP contribution in [0.1, 0.15) is 18.4 Å². The van der Waals surface area contributed by atoms with Crippen molar-refractivity contribution in [3.63, 3.8) is 0 Å². The van der Waals surface area contributed by atoms with E-state index in [1.807, 2.05) is 6.07 Å². The Morgan fingerprint density at radius 1 is 1.19 bits per heavy atom. The molecule has 1 atom stereocenters. The molecule has 0 aromatic heterocycles. The van der Waals surface area contributed by atoms with Crippen molar-refractivity contribution in [2.45, 2.75) is 30.7 Å². The van der Waals surface area contributed by atoms with Crippen LogP contribution in [0.25, 0.3) is 0 Å². The Morgan fingerprint density at radius 2 is 1.97 bits per heavy atom. The number of amidine groups is 1. The van der Waals surface area contributed by atoms with Crippen LogP contribution in [-0.4, -0.2) is 65.5 Å². The van der Waals surface area contributed by atoms with E-state index in [0.29, 0.717) is 12.6 Å². The van der Waals surface area contributed by atoms with Gasteiger partial charge in [-0.15, -0.1) is 0 Å². The molecule has 166 valence electrons. The van der Waals surface area contributed by atoms with E-state index in [0.717, 1.165) is 54.7 Å². The smallest absolute Gasteiger partial charge is 0.164 e. The minimum absolute atomic E-state index is 0.0394. The summed E-state index contributed by atoms with van der Waals surface area (Å²) in [6.07, 6.45) is 1.29. The first-order chi connectivity index (χ1) is 15.0. The highest BCUT2D eigenvalue weighted by Gasteiger charge is 2.27. The fourth-order valence-electron chi connectivity index (χ4n) is 3.96. The number of rotatable bonds is 6. The molecule has 0 radical (unpaired) electrons. The van der Waals surface area contributed by atoms with E-state index in [4.69, 9.17) is 9.73 Å². The van der Waals surface area contributed by atoms with Crippen LogP contribution >= 0.6 is 11.8 Å². The SMILES string of the molecule is CN(C1=Nc2ccccc2CS1)C1CCN(C[C@@H](O)COc2ccc(F)c(F)c2)CC1. The van der Waals surface area contributed by atoms with Gasteiger partial charge < -0.3 is 19.6 Å². The van der Waals surface area contributed by atoms with Gasteiger partial charge in [0.1, 0.15) is 18.5 Å². The molecule has 2 aromatic rings. The molecule has 2 aromatic carbocycles. The summed E-state index contributed by atoms with van der Waals surface area (Å²) in [5.41, 5.74) is 2.34. The van der Waals surface area contributed by atoms with Crippen LogP contribution in [0.15, 0.2) is 47.5 Å². The third-order valence-electron chi connectivity index (χ3n) is 5.77. The van der Waals surface area contributed by atoms with Crippen molar-refractivity contribution in [2.24, 2.45) is 4.99 Å². The van der Waals surface area contributed by atoms with Crippen LogP contribution in [-0.2, 0) is 5.75 Å². The standard InChI is InChI=1S/C23H27F2N3O2S/c1-27(23-26-22-5-3-2-4-16(22)15-31-23)17-8-10-28(11-9-17)13-18(29)14-30-19-6-7-20(24)21(25)12-19/h2-7,12,17-18,29H,8-11,13-15H2,1H3/t18-/m1/s1. The van der Waals surface area contributed by atoms with Gasteiger partial charge in [0.2, 0.25) is 0 Å². The minimum Gasteiger partial charge on any atom is -0.491 e. The van der Waals surface area contributed by atoms with Crippen molar-refractivity contribution in [3.8, 4) is 5.75 Å². The number of ether oxygens (including phenoxy) is 1. The molecular weight excluding hydrogens is 420 g/mol. The van der Waals surface area contributed by atoms with Crippen LogP contribution < -0.4 is 4.74 Å². The summed E-state index contributed by atoms with van der Waals surface area (Å²) in [7, 11) is 2.12. The quantitative estimate of drug-likeness (QED) is 0.725. The van der Waals surface area contributed by atoms with Crippen molar-refractivity contribution >= 4 is 22.6 Å². The number of hydrogen-bond donors (Lipinski definition) is 1. The van der Waals surface area contributed by atoms with Gasteiger partial charge in [0.15, 0.2) is 16.8 Å². The maximum absolute atomic E-state index is 13.2. The second kappa shape index (κ2) is 9.97. The second-order valence-electron chi connectivity index (χ2n) is 8.00. The van der Waals surface area contributed by atoms with E-state index < -0.39 is 17.7 Å². The molecule has 8 heteroatoms. The maximum Gasteiger partial charge on any atom is 0.164 e. The van der Waals surface area contributed by atoms with Gasteiger partial charge in [-0.25, -0.2) is 13.8 Å². The predicted molar refractivity (Wildman–Crippen MR) is 120 cm³/mol. The van der Waals surface area contributed by atoms with Crippen LogP contribution in [0.5, 0.6) is 5.75 Å². The number of aliphatic hydroxyl groups excluding tert-OH is 1. The van der Waals surface area contributed by atoms with Gasteiger partial charge >= 0.3 is 0 Å². The number of nitrogens with zero attached hydrogens (tertiary/aromatic N) is 3. The molecule has 4 rings (SSSR count). The predicted octanol–water partition coefficient (Wildman–Crippen LogP) is 4.04. The van der Waals surface area contributed by atoms with E-state index in [1.54, 1.807) is 11.8 Å². The Bertz CT molecular complexity index is 935. The highest BCUT2D eigenvalue weighted by molar-refractivity contribution is 8.13. The lowest BCUT2D eigenvalue weighted by atomic mass is 10.0. The summed E-state index contributed by atoms with van der Waals surface area (Å²) in [4.78, 5) is 9.35. The van der Waals surface area contributed by atoms with Crippen molar-refractivity contribution in [3.05, 3.63) is 59.7 Å². The number of β-amino-alcohol motifs (C(OH)–C–C–N with tert-alkyl or cyclic N) is 1. The van der Waals surface area contributed by atoms with Crippen LogP contribution in [0.4, 0.5) is 14.5 Å². The molecule has 1 saturated heterocycles. The Kier molecular flexibility index (Phi) is 7.09. The molecule has 1 N–H and O–H groups in total. The summed E-state index contributed by atoms with van der Waals surface area (Å²) in [6, 6.07) is 12.1. The first-order valence-corrected chi connectivity index (χ1v) is 11.5. The van der Waals surface area contributed by atoms with Crippen LogP contribution in [0.2, 0.25) is 0 Å². The number of aliphatic imine (C=N–C) groups is 1. The topological polar surface area (TPSA) is 48.3 Å². The summed E-state index contributed by atoms with van der Waals surface area (Å²) in [6.45, 7) is 2.29. The monoisotopic (exact) mass is 447 g/mol. The first kappa shape index (κ1) is 22.0. The summed E-state index contributed by atoms with van der Waals surface area (Å²) in [5, 5.41) is 11.4. The number of fused-ring (bicyclic) bond motifs is 1. The zero-order valence-electron chi connectivity index (χ0n) is 17.5. The third kappa shape index (κ3) is 5.56. The van der Waals surface area contributed by atoms with Crippen molar-refractivity contribution in [1.29, 1.82) is 0 Å². The lowest BCUT2D eigenvalue weighted by molar-refractivity contribution is 0.0536. The van der Waals surface area contributed by atoms with Crippen molar-refractivity contribution in [1.82, 2.24) is 9.80 Å². The molecule has 0 bridgehead atoms. The third-order valence-corrected chi connectivity index (χ3v) is 6.87. The number of para-hydroxylation sites is 1. The molecular formula is C23H27F2N3O2S. The average molecular weight is 448 g/mol. The Hall–Kier alpha value is -2.16. The van der Waals surface area contributed by atoms with E-state index in [-0.39, 0.29) is 12.4 Å². The molecule has 0 unspecified atom stereocenters. The van der Waals surface area contributed by atoms with E-state index in [2.05, 4.69) is 35.0 Å². The molecule has 2 heterocycles. The van der Waals surface area contributed by atoms with Gasteiger partial charge in [0, 0.05) is 44.5 Å². The Balaban J connectivity index is 1.23. The van der Waals surface area contributed by atoms with Gasteiger partial charge in [-0.3, -0.25) is 0 Å². The molecule has 2 aliphatic heterocycles. The van der Waals surface area contributed by atoms with E-state index in [9.17, 15) is 13.9 Å². The zero-order valence-corrected chi connectivity index (χ0v) is 18.3. The molecule has 0 spiro atoms. The molecule has 0 amide bonds. The first-order valence-electron chi connectivity index (χ1n) is 10.5. The lowest BCUT2D eigenvalue weighted by Gasteiger charge is -2.39. The molecule has 2 aliphatic rings. The number of aliphatic hydroxyl groups is 1. The highest BCUT2D eigenvalue weighted by Crippen LogP contribution is 2.32. The van der Waals surface area contributed by atoms with Gasteiger partial charge in [-0.2, -0.15) is 0 Å².